The normalized spacial score (nSPS) is 10.6. The van der Waals surface area contributed by atoms with Crippen LogP contribution in [0.2, 0.25) is 0 Å². The number of nitrogens with one attached hydrogen (secondary N) is 1. The summed E-state index contributed by atoms with van der Waals surface area (Å²) >= 11 is 0. The van der Waals surface area contributed by atoms with Crippen molar-refractivity contribution in [3.8, 4) is 11.5 Å². The minimum Gasteiger partial charge on any atom is -0.490 e. The molecule has 0 spiro atoms. The molecule has 8 heteroatoms. The highest BCUT2D eigenvalue weighted by Gasteiger charge is 2.13. The SMILES string of the molecule is CCOc1cc(CNC(=O)N(C)Cc2ccco2)ccc1OC(F)F. The molecule has 2 aromatic rings. The van der Waals surface area contributed by atoms with Gasteiger partial charge in [-0.25, -0.2) is 4.79 Å². The minimum absolute atomic E-state index is 0.0399. The lowest BCUT2D eigenvalue weighted by atomic mass is 10.2. The van der Waals surface area contributed by atoms with Gasteiger partial charge in [0.1, 0.15) is 5.76 Å². The number of amides is 2. The molecule has 0 aliphatic heterocycles. The molecule has 1 aromatic heterocycles. The Bertz CT molecular complexity index is 677. The van der Waals surface area contributed by atoms with Gasteiger partial charge in [0.2, 0.25) is 0 Å². The van der Waals surface area contributed by atoms with E-state index in [-0.39, 0.29) is 24.1 Å². The zero-order valence-corrected chi connectivity index (χ0v) is 14.0. The van der Waals surface area contributed by atoms with Gasteiger partial charge in [-0.2, -0.15) is 8.78 Å². The molecular weight excluding hydrogens is 334 g/mol. The number of carbonyl (C=O) groups is 1. The van der Waals surface area contributed by atoms with E-state index in [1.165, 1.54) is 11.0 Å². The predicted octanol–water partition coefficient (Wildman–Crippen LogP) is 3.62. The number of halogens is 2. The first-order valence-electron chi connectivity index (χ1n) is 7.71. The van der Waals surface area contributed by atoms with Crippen molar-refractivity contribution in [2.75, 3.05) is 13.7 Å². The van der Waals surface area contributed by atoms with Crippen LogP contribution in [-0.2, 0) is 13.1 Å². The first-order chi connectivity index (χ1) is 12.0. The topological polar surface area (TPSA) is 63.9 Å². The zero-order chi connectivity index (χ0) is 18.2. The Morgan fingerprint density at radius 1 is 1.32 bits per heavy atom. The second kappa shape index (κ2) is 8.91. The summed E-state index contributed by atoms with van der Waals surface area (Å²) in [4.78, 5) is 13.6. The highest BCUT2D eigenvalue weighted by Crippen LogP contribution is 2.29. The molecule has 1 heterocycles. The Kier molecular flexibility index (Phi) is 6.62. The fraction of sp³-hybridized carbons (Fsp3) is 0.353. The van der Waals surface area contributed by atoms with Crippen molar-refractivity contribution < 1.29 is 27.5 Å². The quantitative estimate of drug-likeness (QED) is 0.786. The Morgan fingerprint density at radius 3 is 2.76 bits per heavy atom. The number of ether oxygens (including phenoxy) is 2. The molecule has 25 heavy (non-hydrogen) atoms. The number of rotatable bonds is 8. The molecule has 136 valence electrons. The third kappa shape index (κ3) is 5.66. The van der Waals surface area contributed by atoms with Gasteiger partial charge >= 0.3 is 12.6 Å². The van der Waals surface area contributed by atoms with Crippen molar-refractivity contribution in [1.29, 1.82) is 0 Å². The summed E-state index contributed by atoms with van der Waals surface area (Å²) in [5.41, 5.74) is 0.699. The molecule has 0 saturated heterocycles. The van der Waals surface area contributed by atoms with E-state index in [4.69, 9.17) is 9.15 Å². The summed E-state index contributed by atoms with van der Waals surface area (Å²) in [6.07, 6.45) is 1.54. The first-order valence-corrected chi connectivity index (χ1v) is 7.71. The van der Waals surface area contributed by atoms with Crippen LogP contribution < -0.4 is 14.8 Å². The van der Waals surface area contributed by atoms with Gasteiger partial charge in [0.15, 0.2) is 11.5 Å². The number of alkyl halides is 2. The summed E-state index contributed by atoms with van der Waals surface area (Å²) in [6, 6.07) is 7.79. The van der Waals surface area contributed by atoms with E-state index in [2.05, 4.69) is 10.1 Å². The van der Waals surface area contributed by atoms with Crippen molar-refractivity contribution in [2.24, 2.45) is 0 Å². The Labute approximate surface area is 144 Å². The molecule has 6 nitrogen and oxygen atoms in total. The third-order valence-electron chi connectivity index (χ3n) is 3.29. The lowest BCUT2D eigenvalue weighted by molar-refractivity contribution is -0.0514. The van der Waals surface area contributed by atoms with Gasteiger partial charge in [-0.1, -0.05) is 6.07 Å². The van der Waals surface area contributed by atoms with Gasteiger partial charge in [-0.3, -0.25) is 0 Å². The van der Waals surface area contributed by atoms with Gasteiger partial charge in [0.25, 0.3) is 0 Å². The fourth-order valence-corrected chi connectivity index (χ4v) is 2.14. The van der Waals surface area contributed by atoms with Gasteiger partial charge < -0.3 is 24.1 Å². The average molecular weight is 354 g/mol. The third-order valence-corrected chi connectivity index (χ3v) is 3.29. The number of benzene rings is 1. The van der Waals surface area contributed by atoms with Crippen LogP contribution in [-0.4, -0.2) is 31.2 Å². The van der Waals surface area contributed by atoms with Crippen LogP contribution in [0.25, 0.3) is 0 Å². The number of carbonyl (C=O) groups excluding carboxylic acids is 1. The summed E-state index contributed by atoms with van der Waals surface area (Å²) in [5, 5.41) is 2.74. The van der Waals surface area contributed by atoms with Crippen molar-refractivity contribution >= 4 is 6.03 Å². The summed E-state index contributed by atoms with van der Waals surface area (Å²) < 4.78 is 39.7. The van der Waals surface area contributed by atoms with E-state index < -0.39 is 6.61 Å². The molecule has 1 aromatic carbocycles. The van der Waals surface area contributed by atoms with Crippen LogP contribution in [0.4, 0.5) is 13.6 Å². The second-order valence-electron chi connectivity index (χ2n) is 5.19. The maximum Gasteiger partial charge on any atom is 0.387 e. The predicted molar refractivity (Wildman–Crippen MR) is 86.7 cm³/mol. The monoisotopic (exact) mass is 354 g/mol. The van der Waals surface area contributed by atoms with Crippen molar-refractivity contribution in [1.82, 2.24) is 10.2 Å². The van der Waals surface area contributed by atoms with E-state index in [0.717, 1.165) is 0 Å². The second-order valence-corrected chi connectivity index (χ2v) is 5.19. The van der Waals surface area contributed by atoms with Crippen LogP contribution in [0.5, 0.6) is 11.5 Å². The number of urea groups is 1. The molecule has 1 N–H and O–H groups in total. The number of furan rings is 1. The summed E-state index contributed by atoms with van der Waals surface area (Å²) in [6.45, 7) is -0.327. The van der Waals surface area contributed by atoms with Gasteiger partial charge in [0.05, 0.1) is 19.4 Å². The number of hydrogen-bond acceptors (Lipinski definition) is 4. The molecule has 2 amide bonds. The van der Waals surface area contributed by atoms with E-state index in [1.54, 1.807) is 44.5 Å². The maximum absolute atomic E-state index is 12.4. The van der Waals surface area contributed by atoms with Gasteiger partial charge in [-0.15, -0.1) is 0 Å². The highest BCUT2D eigenvalue weighted by atomic mass is 19.3. The molecule has 0 unspecified atom stereocenters. The van der Waals surface area contributed by atoms with Crippen molar-refractivity contribution in [2.45, 2.75) is 26.6 Å². The molecule has 0 radical (unpaired) electrons. The molecular formula is C17H20F2N2O4. The van der Waals surface area contributed by atoms with Crippen LogP contribution in [0.1, 0.15) is 18.2 Å². The standard InChI is InChI=1S/C17H20F2N2O4/c1-3-23-15-9-12(6-7-14(15)25-16(18)19)10-20-17(22)21(2)11-13-5-4-8-24-13/h4-9,16H,3,10-11H2,1-2H3,(H,20,22). The molecule has 0 atom stereocenters. The summed E-state index contributed by atoms with van der Waals surface area (Å²) in [7, 11) is 1.64. The lowest BCUT2D eigenvalue weighted by Gasteiger charge is -2.17. The largest absolute Gasteiger partial charge is 0.490 e. The molecule has 0 aliphatic rings. The van der Waals surface area contributed by atoms with Gasteiger partial charge in [-0.05, 0) is 36.8 Å². The molecule has 2 rings (SSSR count). The Balaban J connectivity index is 1.94. The fourth-order valence-electron chi connectivity index (χ4n) is 2.14. The lowest BCUT2D eigenvalue weighted by Crippen LogP contribution is -2.36. The number of nitrogens with zero attached hydrogens (tertiary/aromatic N) is 1. The maximum atomic E-state index is 12.4. The Hall–Kier alpha value is -2.77. The zero-order valence-electron chi connectivity index (χ0n) is 14.0. The number of hydrogen-bond donors (Lipinski definition) is 1. The van der Waals surface area contributed by atoms with Crippen molar-refractivity contribution in [3.05, 3.63) is 47.9 Å². The van der Waals surface area contributed by atoms with Crippen molar-refractivity contribution in [3.63, 3.8) is 0 Å². The molecule has 0 fully saturated rings. The Morgan fingerprint density at radius 2 is 2.12 bits per heavy atom. The average Bonchev–Trinajstić information content (AvgIpc) is 3.07. The van der Waals surface area contributed by atoms with Crippen LogP contribution in [0, 0.1) is 0 Å². The molecule has 0 aliphatic carbocycles. The molecule has 0 bridgehead atoms. The van der Waals surface area contributed by atoms with Gasteiger partial charge in [0, 0.05) is 13.6 Å². The first kappa shape index (κ1) is 18.6. The smallest absolute Gasteiger partial charge is 0.387 e. The molecule has 0 saturated carbocycles. The van der Waals surface area contributed by atoms with E-state index in [9.17, 15) is 13.6 Å². The van der Waals surface area contributed by atoms with Crippen LogP contribution >= 0.6 is 0 Å². The minimum atomic E-state index is -2.93. The highest BCUT2D eigenvalue weighted by molar-refractivity contribution is 5.73. The van der Waals surface area contributed by atoms with E-state index in [0.29, 0.717) is 24.5 Å². The summed E-state index contributed by atoms with van der Waals surface area (Å²) in [5.74, 6) is 0.838. The van der Waals surface area contributed by atoms with Crippen LogP contribution in [0.15, 0.2) is 41.0 Å². The van der Waals surface area contributed by atoms with Crippen LogP contribution in [0.3, 0.4) is 0 Å². The van der Waals surface area contributed by atoms with E-state index in [1.807, 2.05) is 0 Å². The van der Waals surface area contributed by atoms with E-state index >= 15 is 0 Å².